The van der Waals surface area contributed by atoms with Crippen LogP contribution in [0.1, 0.15) is 5.56 Å². The Morgan fingerprint density at radius 2 is 1.76 bits per heavy atom. The SMILES string of the molecule is Fc1ccccc1CNc1cccc(Cl)c1F. The molecule has 0 aliphatic heterocycles. The van der Waals surface area contributed by atoms with Crippen molar-refractivity contribution < 1.29 is 8.78 Å². The van der Waals surface area contributed by atoms with E-state index in [1.165, 1.54) is 12.1 Å². The minimum Gasteiger partial charge on any atom is -0.378 e. The molecule has 0 aromatic heterocycles. The van der Waals surface area contributed by atoms with E-state index in [1.807, 2.05) is 0 Å². The summed E-state index contributed by atoms with van der Waals surface area (Å²) in [6, 6.07) is 11.0. The molecule has 4 heteroatoms. The molecule has 1 nitrogen and oxygen atoms in total. The Morgan fingerprint density at radius 1 is 1.00 bits per heavy atom. The molecule has 0 aliphatic carbocycles. The monoisotopic (exact) mass is 253 g/mol. The van der Waals surface area contributed by atoms with Crippen LogP contribution in [0.2, 0.25) is 5.02 Å². The van der Waals surface area contributed by atoms with Crippen LogP contribution in [0.4, 0.5) is 14.5 Å². The predicted molar refractivity (Wildman–Crippen MR) is 65.1 cm³/mol. The van der Waals surface area contributed by atoms with Gasteiger partial charge in [-0.3, -0.25) is 0 Å². The highest BCUT2D eigenvalue weighted by atomic mass is 35.5. The van der Waals surface area contributed by atoms with Gasteiger partial charge in [0, 0.05) is 12.1 Å². The fourth-order valence-corrected chi connectivity index (χ4v) is 1.65. The van der Waals surface area contributed by atoms with Gasteiger partial charge in [-0.1, -0.05) is 35.9 Å². The summed E-state index contributed by atoms with van der Waals surface area (Å²) < 4.78 is 26.8. The van der Waals surface area contributed by atoms with Crippen molar-refractivity contribution in [2.75, 3.05) is 5.32 Å². The second-order valence-corrected chi connectivity index (χ2v) is 3.95. The van der Waals surface area contributed by atoms with Gasteiger partial charge >= 0.3 is 0 Å². The molecule has 0 aliphatic rings. The number of anilines is 1. The summed E-state index contributed by atoms with van der Waals surface area (Å²) in [6.45, 7) is 0.212. The first-order chi connectivity index (χ1) is 8.18. The van der Waals surface area contributed by atoms with E-state index in [0.717, 1.165) is 0 Å². The number of benzene rings is 2. The molecule has 0 radical (unpaired) electrons. The van der Waals surface area contributed by atoms with Crippen molar-refractivity contribution >= 4 is 17.3 Å². The lowest BCUT2D eigenvalue weighted by Gasteiger charge is -2.08. The lowest BCUT2D eigenvalue weighted by atomic mass is 10.2. The Bertz CT molecular complexity index is 529. The molecule has 2 aromatic rings. The number of hydrogen-bond donors (Lipinski definition) is 1. The molecular formula is C13H10ClF2N. The zero-order chi connectivity index (χ0) is 12.3. The zero-order valence-corrected chi connectivity index (χ0v) is 9.64. The molecule has 0 saturated carbocycles. The van der Waals surface area contributed by atoms with Crippen LogP contribution in [-0.4, -0.2) is 0 Å². The Balaban J connectivity index is 2.13. The summed E-state index contributed by atoms with van der Waals surface area (Å²) >= 11 is 5.64. The standard InChI is InChI=1S/C13H10ClF2N/c14-10-5-3-7-12(13(10)16)17-8-9-4-1-2-6-11(9)15/h1-7,17H,8H2. The van der Waals surface area contributed by atoms with Crippen LogP contribution in [0.5, 0.6) is 0 Å². The van der Waals surface area contributed by atoms with E-state index in [-0.39, 0.29) is 23.1 Å². The molecule has 0 heterocycles. The van der Waals surface area contributed by atoms with E-state index in [0.29, 0.717) is 5.56 Å². The number of halogens is 3. The van der Waals surface area contributed by atoms with E-state index < -0.39 is 5.82 Å². The third kappa shape index (κ3) is 2.74. The van der Waals surface area contributed by atoms with E-state index in [2.05, 4.69) is 5.32 Å². The van der Waals surface area contributed by atoms with Gasteiger partial charge in [0.05, 0.1) is 10.7 Å². The fraction of sp³-hybridized carbons (Fsp3) is 0.0769. The van der Waals surface area contributed by atoms with Crippen molar-refractivity contribution in [3.05, 3.63) is 64.7 Å². The third-order valence-electron chi connectivity index (χ3n) is 2.38. The Labute approximate surface area is 103 Å². The van der Waals surface area contributed by atoms with Gasteiger partial charge in [-0.05, 0) is 18.2 Å². The van der Waals surface area contributed by atoms with E-state index in [9.17, 15) is 8.78 Å². The maximum atomic E-state index is 13.5. The Morgan fingerprint density at radius 3 is 2.53 bits per heavy atom. The topological polar surface area (TPSA) is 12.0 Å². The molecule has 0 unspecified atom stereocenters. The largest absolute Gasteiger partial charge is 0.378 e. The first-order valence-corrected chi connectivity index (χ1v) is 5.47. The molecule has 0 spiro atoms. The van der Waals surface area contributed by atoms with Crippen LogP contribution in [0.3, 0.4) is 0 Å². The highest BCUT2D eigenvalue weighted by Crippen LogP contribution is 2.22. The Kier molecular flexibility index (Phi) is 3.59. The first kappa shape index (κ1) is 11.9. The summed E-state index contributed by atoms with van der Waals surface area (Å²) in [6.07, 6.45) is 0. The molecule has 1 N–H and O–H groups in total. The molecule has 0 bridgehead atoms. The van der Waals surface area contributed by atoms with Gasteiger partial charge in [-0.2, -0.15) is 0 Å². The van der Waals surface area contributed by atoms with Gasteiger partial charge in [0.15, 0.2) is 5.82 Å². The van der Waals surface area contributed by atoms with Gasteiger partial charge < -0.3 is 5.32 Å². The average molecular weight is 254 g/mol. The van der Waals surface area contributed by atoms with E-state index in [4.69, 9.17) is 11.6 Å². The summed E-state index contributed by atoms with van der Waals surface area (Å²) in [7, 11) is 0. The summed E-state index contributed by atoms with van der Waals surface area (Å²) in [4.78, 5) is 0. The minimum absolute atomic E-state index is 0.0449. The molecule has 0 fully saturated rings. The van der Waals surface area contributed by atoms with Crippen LogP contribution < -0.4 is 5.32 Å². The van der Waals surface area contributed by atoms with Gasteiger partial charge in [0.2, 0.25) is 0 Å². The van der Waals surface area contributed by atoms with Gasteiger partial charge in [-0.15, -0.1) is 0 Å². The maximum Gasteiger partial charge on any atom is 0.164 e. The zero-order valence-electron chi connectivity index (χ0n) is 8.88. The van der Waals surface area contributed by atoms with Crippen LogP contribution in [0.15, 0.2) is 42.5 Å². The lowest BCUT2D eigenvalue weighted by Crippen LogP contribution is -2.03. The second-order valence-electron chi connectivity index (χ2n) is 3.55. The molecule has 0 saturated heterocycles. The van der Waals surface area contributed by atoms with Gasteiger partial charge in [0.1, 0.15) is 5.82 Å². The van der Waals surface area contributed by atoms with Crippen molar-refractivity contribution in [3.63, 3.8) is 0 Å². The molecule has 2 rings (SSSR count). The molecular weight excluding hydrogens is 244 g/mol. The average Bonchev–Trinajstić information content (AvgIpc) is 2.33. The van der Waals surface area contributed by atoms with E-state index >= 15 is 0 Å². The summed E-state index contributed by atoms with van der Waals surface area (Å²) in [5, 5.41) is 2.86. The molecule has 88 valence electrons. The van der Waals surface area contributed by atoms with Crippen molar-refractivity contribution in [2.24, 2.45) is 0 Å². The summed E-state index contributed by atoms with van der Waals surface area (Å²) in [5.74, 6) is -0.840. The lowest BCUT2D eigenvalue weighted by molar-refractivity contribution is 0.610. The van der Waals surface area contributed by atoms with Crippen molar-refractivity contribution in [1.82, 2.24) is 0 Å². The van der Waals surface area contributed by atoms with E-state index in [1.54, 1.807) is 30.3 Å². The third-order valence-corrected chi connectivity index (χ3v) is 2.67. The highest BCUT2D eigenvalue weighted by Gasteiger charge is 2.06. The molecule has 0 atom stereocenters. The minimum atomic E-state index is -0.523. The maximum absolute atomic E-state index is 13.5. The normalized spacial score (nSPS) is 10.3. The molecule has 2 aromatic carbocycles. The molecule has 0 amide bonds. The van der Waals surface area contributed by atoms with Crippen molar-refractivity contribution in [1.29, 1.82) is 0 Å². The number of hydrogen-bond acceptors (Lipinski definition) is 1. The van der Waals surface area contributed by atoms with Crippen LogP contribution >= 0.6 is 11.6 Å². The van der Waals surface area contributed by atoms with Crippen molar-refractivity contribution in [2.45, 2.75) is 6.54 Å². The van der Waals surface area contributed by atoms with Gasteiger partial charge in [0.25, 0.3) is 0 Å². The quantitative estimate of drug-likeness (QED) is 0.863. The van der Waals surface area contributed by atoms with Crippen LogP contribution in [0.25, 0.3) is 0 Å². The van der Waals surface area contributed by atoms with Crippen LogP contribution in [0, 0.1) is 11.6 Å². The first-order valence-electron chi connectivity index (χ1n) is 5.10. The van der Waals surface area contributed by atoms with Gasteiger partial charge in [-0.25, -0.2) is 8.78 Å². The second kappa shape index (κ2) is 5.15. The summed E-state index contributed by atoms with van der Waals surface area (Å²) in [5.41, 5.74) is 0.743. The van der Waals surface area contributed by atoms with Crippen molar-refractivity contribution in [3.8, 4) is 0 Å². The Hall–Kier alpha value is -1.61. The number of rotatable bonds is 3. The predicted octanol–water partition coefficient (Wildman–Crippen LogP) is 4.23. The molecule has 17 heavy (non-hydrogen) atoms. The fourth-order valence-electron chi connectivity index (χ4n) is 1.47. The van der Waals surface area contributed by atoms with Crippen LogP contribution in [-0.2, 0) is 6.54 Å². The highest BCUT2D eigenvalue weighted by molar-refractivity contribution is 6.31. The number of nitrogens with one attached hydrogen (secondary N) is 1. The smallest absolute Gasteiger partial charge is 0.164 e.